The molecule has 0 radical (unpaired) electrons. The highest BCUT2D eigenvalue weighted by atomic mass is 16.6. The largest absolute Gasteiger partial charge is 0.460 e. The minimum Gasteiger partial charge on any atom is -0.460 e. The predicted molar refractivity (Wildman–Crippen MR) is 66.2 cm³/mol. The molecule has 0 saturated carbocycles. The molecule has 4 nitrogen and oxygen atoms in total. The van der Waals surface area contributed by atoms with E-state index in [1.54, 1.807) is 12.4 Å². The van der Waals surface area contributed by atoms with Gasteiger partial charge in [-0.05, 0) is 45.4 Å². The molecule has 4 heteroatoms. The van der Waals surface area contributed by atoms with Gasteiger partial charge in [0.05, 0.1) is 6.42 Å². The van der Waals surface area contributed by atoms with Gasteiger partial charge in [-0.15, -0.1) is 0 Å². The van der Waals surface area contributed by atoms with E-state index in [-0.39, 0.29) is 12.4 Å². The molecule has 1 heterocycles. The molecule has 0 bridgehead atoms. The van der Waals surface area contributed by atoms with Crippen molar-refractivity contribution >= 4 is 5.97 Å². The van der Waals surface area contributed by atoms with Crippen LogP contribution in [0.1, 0.15) is 39.7 Å². The summed E-state index contributed by atoms with van der Waals surface area (Å²) in [5.41, 5.74) is 5.79. The lowest BCUT2D eigenvalue weighted by molar-refractivity contribution is -0.156. The zero-order valence-electron chi connectivity index (χ0n) is 10.9. The molecule has 0 aliphatic carbocycles. The summed E-state index contributed by atoms with van der Waals surface area (Å²) in [4.78, 5) is 15.7. The molecule has 0 spiro atoms. The number of rotatable bonds is 3. The Morgan fingerprint density at radius 1 is 1.29 bits per heavy atom. The third-order valence-electron chi connectivity index (χ3n) is 2.27. The van der Waals surface area contributed by atoms with Gasteiger partial charge in [0, 0.05) is 17.9 Å². The molecule has 2 N–H and O–H groups in total. The van der Waals surface area contributed by atoms with Gasteiger partial charge in [0.25, 0.3) is 0 Å². The number of nitrogens with zero attached hydrogens (tertiary/aromatic N) is 1. The normalized spacial score (nSPS) is 15.1. The Morgan fingerprint density at radius 3 is 2.29 bits per heavy atom. The summed E-state index contributed by atoms with van der Waals surface area (Å²) in [7, 11) is 0. The summed E-state index contributed by atoms with van der Waals surface area (Å²) < 4.78 is 5.26. The van der Waals surface area contributed by atoms with Crippen LogP contribution in [0.2, 0.25) is 0 Å². The Balaban J connectivity index is 2.71. The van der Waals surface area contributed by atoms with Gasteiger partial charge in [0.2, 0.25) is 0 Å². The molecule has 0 aliphatic rings. The summed E-state index contributed by atoms with van der Waals surface area (Å²) >= 11 is 0. The third-order valence-corrected chi connectivity index (χ3v) is 2.27. The molecule has 94 valence electrons. The van der Waals surface area contributed by atoms with Crippen LogP contribution < -0.4 is 5.73 Å². The zero-order chi connectivity index (χ0) is 13.1. The van der Waals surface area contributed by atoms with E-state index in [1.165, 1.54) is 0 Å². The van der Waals surface area contributed by atoms with Crippen molar-refractivity contribution in [3.05, 3.63) is 30.1 Å². The summed E-state index contributed by atoms with van der Waals surface area (Å²) in [5.74, 6) is -0.292. The van der Waals surface area contributed by atoms with Gasteiger partial charge in [0.1, 0.15) is 5.60 Å². The lowest BCUT2D eigenvalue weighted by atomic mass is 9.90. The molecule has 0 aliphatic heterocycles. The molecule has 0 aromatic carbocycles. The van der Waals surface area contributed by atoms with Crippen LogP contribution in [0.15, 0.2) is 24.5 Å². The highest BCUT2D eigenvalue weighted by Crippen LogP contribution is 2.22. The number of carbonyl (C=O) groups excluding carboxylic acids is 1. The van der Waals surface area contributed by atoms with Crippen LogP contribution in [0.25, 0.3) is 0 Å². The first-order chi connectivity index (χ1) is 7.71. The van der Waals surface area contributed by atoms with Crippen molar-refractivity contribution in [3.8, 4) is 0 Å². The van der Waals surface area contributed by atoms with Gasteiger partial charge in [0.15, 0.2) is 0 Å². The number of pyridine rings is 1. The molecule has 1 aromatic heterocycles. The molecule has 0 amide bonds. The second-order valence-electron chi connectivity index (χ2n) is 5.42. The average molecular weight is 236 g/mol. The smallest absolute Gasteiger partial charge is 0.308 e. The minimum atomic E-state index is -0.731. The molecule has 1 rings (SSSR count). The zero-order valence-corrected chi connectivity index (χ0v) is 10.9. The second kappa shape index (κ2) is 4.84. The van der Waals surface area contributed by atoms with Crippen LogP contribution in [-0.4, -0.2) is 16.6 Å². The van der Waals surface area contributed by atoms with Gasteiger partial charge in [-0.2, -0.15) is 0 Å². The van der Waals surface area contributed by atoms with E-state index in [9.17, 15) is 4.79 Å². The minimum absolute atomic E-state index is 0.147. The number of hydrogen-bond acceptors (Lipinski definition) is 4. The Bertz CT molecular complexity index is 380. The molecular weight excluding hydrogens is 216 g/mol. The second-order valence-corrected chi connectivity index (χ2v) is 5.42. The number of ether oxygens (including phenoxy) is 1. The van der Waals surface area contributed by atoms with Crippen LogP contribution in [0.3, 0.4) is 0 Å². The number of aromatic nitrogens is 1. The standard InChI is InChI=1S/C13H20N2O2/c1-12(2,3)17-11(16)9-13(4,14)10-5-7-15-8-6-10/h5-8H,9,14H2,1-4H3. The van der Waals surface area contributed by atoms with Crippen LogP contribution in [0.4, 0.5) is 0 Å². The predicted octanol–water partition coefficient (Wildman–Crippen LogP) is 1.99. The van der Waals surface area contributed by atoms with E-state index in [0.717, 1.165) is 5.56 Å². The van der Waals surface area contributed by atoms with E-state index in [1.807, 2.05) is 39.8 Å². The summed E-state index contributed by atoms with van der Waals surface area (Å²) in [6.07, 6.45) is 3.47. The van der Waals surface area contributed by atoms with Gasteiger partial charge in [-0.3, -0.25) is 9.78 Å². The van der Waals surface area contributed by atoms with E-state index < -0.39 is 11.1 Å². The van der Waals surface area contributed by atoms with Crippen molar-refractivity contribution < 1.29 is 9.53 Å². The van der Waals surface area contributed by atoms with Crippen LogP contribution in [0.5, 0.6) is 0 Å². The lowest BCUT2D eigenvalue weighted by Gasteiger charge is -2.26. The van der Waals surface area contributed by atoms with Gasteiger partial charge < -0.3 is 10.5 Å². The fraction of sp³-hybridized carbons (Fsp3) is 0.538. The molecule has 17 heavy (non-hydrogen) atoms. The molecule has 1 atom stereocenters. The Hall–Kier alpha value is -1.42. The molecule has 1 aromatic rings. The summed E-state index contributed by atoms with van der Waals surface area (Å²) in [6.45, 7) is 7.33. The summed E-state index contributed by atoms with van der Waals surface area (Å²) in [5, 5.41) is 0. The monoisotopic (exact) mass is 236 g/mol. The quantitative estimate of drug-likeness (QED) is 0.815. The highest BCUT2D eigenvalue weighted by molar-refractivity contribution is 5.71. The number of esters is 1. The van der Waals surface area contributed by atoms with Gasteiger partial charge in [-0.1, -0.05) is 0 Å². The van der Waals surface area contributed by atoms with Crippen LogP contribution in [-0.2, 0) is 15.1 Å². The van der Waals surface area contributed by atoms with E-state index in [2.05, 4.69) is 4.98 Å². The van der Waals surface area contributed by atoms with E-state index in [4.69, 9.17) is 10.5 Å². The maximum absolute atomic E-state index is 11.7. The third kappa shape index (κ3) is 4.53. The van der Waals surface area contributed by atoms with Crippen LogP contribution in [0, 0.1) is 0 Å². The first-order valence-corrected chi connectivity index (χ1v) is 5.62. The molecule has 0 saturated heterocycles. The molecule has 0 fully saturated rings. The van der Waals surface area contributed by atoms with Crippen molar-refractivity contribution in [1.29, 1.82) is 0 Å². The SMILES string of the molecule is CC(C)(C)OC(=O)CC(C)(N)c1ccncc1. The van der Waals surface area contributed by atoms with Crippen molar-refractivity contribution in [2.24, 2.45) is 5.73 Å². The van der Waals surface area contributed by atoms with Crippen molar-refractivity contribution in [1.82, 2.24) is 4.98 Å². The number of nitrogens with two attached hydrogens (primary N) is 1. The van der Waals surface area contributed by atoms with Crippen molar-refractivity contribution in [2.45, 2.75) is 45.3 Å². The molecular formula is C13H20N2O2. The van der Waals surface area contributed by atoms with E-state index in [0.29, 0.717) is 0 Å². The first kappa shape index (κ1) is 13.6. The topological polar surface area (TPSA) is 65.2 Å². The fourth-order valence-corrected chi connectivity index (χ4v) is 1.51. The maximum Gasteiger partial charge on any atom is 0.308 e. The van der Waals surface area contributed by atoms with Crippen LogP contribution >= 0.6 is 0 Å². The Kier molecular flexibility index (Phi) is 3.88. The highest BCUT2D eigenvalue weighted by Gasteiger charge is 2.27. The van der Waals surface area contributed by atoms with Gasteiger partial charge >= 0.3 is 5.97 Å². The van der Waals surface area contributed by atoms with Gasteiger partial charge in [-0.25, -0.2) is 0 Å². The van der Waals surface area contributed by atoms with Crippen molar-refractivity contribution in [3.63, 3.8) is 0 Å². The average Bonchev–Trinajstić information content (AvgIpc) is 2.15. The van der Waals surface area contributed by atoms with Crippen molar-refractivity contribution in [2.75, 3.05) is 0 Å². The lowest BCUT2D eigenvalue weighted by Crippen LogP contribution is -2.38. The number of carbonyl (C=O) groups is 1. The first-order valence-electron chi connectivity index (χ1n) is 5.62. The summed E-state index contributed by atoms with van der Waals surface area (Å²) in [6, 6.07) is 3.62. The fourth-order valence-electron chi connectivity index (χ4n) is 1.51. The number of hydrogen-bond donors (Lipinski definition) is 1. The molecule has 1 unspecified atom stereocenters. The Morgan fingerprint density at radius 2 is 1.82 bits per heavy atom. The Labute approximate surface area is 102 Å². The maximum atomic E-state index is 11.7. The van der Waals surface area contributed by atoms with E-state index >= 15 is 0 Å².